The van der Waals surface area contributed by atoms with Crippen molar-refractivity contribution in [3.63, 3.8) is 0 Å². The Balaban J connectivity index is 2.39. The van der Waals surface area contributed by atoms with Crippen LogP contribution in [0.2, 0.25) is 5.02 Å². The molecule has 18 heavy (non-hydrogen) atoms. The number of nitrogens with one attached hydrogen (secondary N) is 2. The fourth-order valence-corrected chi connectivity index (χ4v) is 1.78. The van der Waals surface area contributed by atoms with Crippen molar-refractivity contribution < 1.29 is 0 Å². The van der Waals surface area contributed by atoms with Gasteiger partial charge in [0.25, 0.3) is 0 Å². The third-order valence-corrected chi connectivity index (χ3v) is 3.23. The number of nitrogens with zero attached hydrogens (tertiary/aromatic N) is 1. The van der Waals surface area contributed by atoms with Crippen molar-refractivity contribution >= 4 is 17.6 Å². The van der Waals surface area contributed by atoms with Gasteiger partial charge in [-0.15, -0.1) is 0 Å². The molecule has 2 N–H and O–H groups in total. The molecule has 0 amide bonds. The average molecular weight is 268 g/mol. The Kier molecular flexibility index (Phi) is 6.58. The van der Waals surface area contributed by atoms with Crippen LogP contribution in [0.25, 0.3) is 0 Å². The molecular formula is C14H22ClN3. The number of guanidine groups is 1. The lowest BCUT2D eigenvalue weighted by Crippen LogP contribution is -2.42. The second-order valence-electron chi connectivity index (χ2n) is 4.29. The summed E-state index contributed by atoms with van der Waals surface area (Å²) in [5.41, 5.74) is 1.16. The van der Waals surface area contributed by atoms with E-state index in [0.29, 0.717) is 6.04 Å². The standard InChI is InChI=1S/C14H22ClN3/c1-4-11(2)18-14(16-3)17-10-9-12-7-5-6-8-13(12)15/h5-8,11H,4,9-10H2,1-3H3,(H2,16,17,18). The van der Waals surface area contributed by atoms with Crippen molar-refractivity contribution in [2.45, 2.75) is 32.7 Å². The first-order valence-corrected chi connectivity index (χ1v) is 6.75. The maximum atomic E-state index is 6.11. The van der Waals surface area contributed by atoms with Gasteiger partial charge in [0, 0.05) is 24.7 Å². The van der Waals surface area contributed by atoms with Crippen LogP contribution in [-0.2, 0) is 6.42 Å². The fourth-order valence-electron chi connectivity index (χ4n) is 1.55. The van der Waals surface area contributed by atoms with Gasteiger partial charge in [-0.1, -0.05) is 36.7 Å². The van der Waals surface area contributed by atoms with Crippen molar-refractivity contribution in [2.75, 3.05) is 13.6 Å². The van der Waals surface area contributed by atoms with Gasteiger partial charge in [-0.2, -0.15) is 0 Å². The molecule has 0 aliphatic carbocycles. The van der Waals surface area contributed by atoms with Crippen LogP contribution < -0.4 is 10.6 Å². The molecule has 1 atom stereocenters. The molecule has 1 rings (SSSR count). The predicted octanol–water partition coefficient (Wildman–Crippen LogP) is 2.85. The highest BCUT2D eigenvalue weighted by Crippen LogP contribution is 2.14. The van der Waals surface area contributed by atoms with Crippen LogP contribution in [0.15, 0.2) is 29.3 Å². The molecule has 0 bridgehead atoms. The maximum Gasteiger partial charge on any atom is 0.191 e. The largest absolute Gasteiger partial charge is 0.356 e. The van der Waals surface area contributed by atoms with E-state index in [0.717, 1.165) is 35.9 Å². The zero-order valence-electron chi connectivity index (χ0n) is 11.3. The normalized spacial score (nSPS) is 13.2. The van der Waals surface area contributed by atoms with Crippen LogP contribution in [0, 0.1) is 0 Å². The van der Waals surface area contributed by atoms with Crippen LogP contribution in [-0.4, -0.2) is 25.6 Å². The van der Waals surface area contributed by atoms with Gasteiger partial charge < -0.3 is 10.6 Å². The lowest BCUT2D eigenvalue weighted by atomic mass is 10.1. The minimum atomic E-state index is 0.427. The molecule has 1 aromatic rings. The first-order valence-electron chi connectivity index (χ1n) is 6.38. The third kappa shape index (κ3) is 4.96. The smallest absolute Gasteiger partial charge is 0.191 e. The van der Waals surface area contributed by atoms with Crippen molar-refractivity contribution in [2.24, 2.45) is 4.99 Å². The molecule has 3 nitrogen and oxygen atoms in total. The summed E-state index contributed by atoms with van der Waals surface area (Å²) in [5, 5.41) is 7.44. The molecule has 100 valence electrons. The Bertz CT molecular complexity index is 390. The van der Waals surface area contributed by atoms with Crippen molar-refractivity contribution in [3.8, 4) is 0 Å². The highest BCUT2D eigenvalue weighted by atomic mass is 35.5. The molecule has 0 radical (unpaired) electrons. The SMILES string of the molecule is CCC(C)NC(=NC)NCCc1ccccc1Cl. The number of rotatable bonds is 5. The quantitative estimate of drug-likeness (QED) is 0.636. The van der Waals surface area contributed by atoms with Crippen molar-refractivity contribution in [3.05, 3.63) is 34.9 Å². The van der Waals surface area contributed by atoms with Gasteiger partial charge in [-0.25, -0.2) is 0 Å². The monoisotopic (exact) mass is 267 g/mol. The Labute approximate surface area is 115 Å². The molecule has 0 saturated carbocycles. The summed E-state index contributed by atoms with van der Waals surface area (Å²) in [5.74, 6) is 0.844. The summed E-state index contributed by atoms with van der Waals surface area (Å²) in [6.45, 7) is 5.11. The van der Waals surface area contributed by atoms with E-state index in [2.05, 4.69) is 35.5 Å². The van der Waals surface area contributed by atoms with Crippen LogP contribution in [0.5, 0.6) is 0 Å². The van der Waals surface area contributed by atoms with Crippen LogP contribution in [0.4, 0.5) is 0 Å². The zero-order chi connectivity index (χ0) is 13.4. The van der Waals surface area contributed by atoms with Gasteiger partial charge >= 0.3 is 0 Å². The molecule has 0 aromatic heterocycles. The Hall–Kier alpha value is -1.22. The summed E-state index contributed by atoms with van der Waals surface area (Å²) in [6, 6.07) is 8.35. The van der Waals surface area contributed by atoms with Gasteiger partial charge in [0.2, 0.25) is 0 Å². The van der Waals surface area contributed by atoms with Gasteiger partial charge in [0.15, 0.2) is 5.96 Å². The van der Waals surface area contributed by atoms with Crippen LogP contribution in [0.1, 0.15) is 25.8 Å². The number of hydrogen-bond donors (Lipinski definition) is 2. The number of aliphatic imine (C=N–C) groups is 1. The van der Waals surface area contributed by atoms with Gasteiger partial charge in [-0.05, 0) is 31.4 Å². The summed E-state index contributed by atoms with van der Waals surface area (Å²) in [4.78, 5) is 4.19. The van der Waals surface area contributed by atoms with E-state index in [1.807, 2.05) is 18.2 Å². The molecule has 0 fully saturated rings. The molecule has 0 heterocycles. The van der Waals surface area contributed by atoms with Crippen molar-refractivity contribution in [1.29, 1.82) is 0 Å². The number of halogens is 1. The third-order valence-electron chi connectivity index (χ3n) is 2.86. The molecule has 4 heteroatoms. The molecule has 0 saturated heterocycles. The molecule has 0 spiro atoms. The van der Waals surface area contributed by atoms with E-state index in [9.17, 15) is 0 Å². The highest BCUT2D eigenvalue weighted by molar-refractivity contribution is 6.31. The number of hydrogen-bond acceptors (Lipinski definition) is 1. The van der Waals surface area contributed by atoms with Crippen LogP contribution in [0.3, 0.4) is 0 Å². The zero-order valence-corrected chi connectivity index (χ0v) is 12.1. The lowest BCUT2D eigenvalue weighted by Gasteiger charge is -2.16. The van der Waals surface area contributed by atoms with Gasteiger partial charge in [0.05, 0.1) is 0 Å². The molecule has 1 aromatic carbocycles. The second-order valence-corrected chi connectivity index (χ2v) is 4.70. The first kappa shape index (κ1) is 14.8. The van der Waals surface area contributed by atoms with E-state index in [-0.39, 0.29) is 0 Å². The van der Waals surface area contributed by atoms with E-state index < -0.39 is 0 Å². The topological polar surface area (TPSA) is 36.4 Å². The Morgan fingerprint density at radius 3 is 2.72 bits per heavy atom. The minimum Gasteiger partial charge on any atom is -0.356 e. The molecular weight excluding hydrogens is 246 g/mol. The maximum absolute atomic E-state index is 6.11. The number of benzene rings is 1. The molecule has 1 unspecified atom stereocenters. The van der Waals surface area contributed by atoms with Crippen LogP contribution >= 0.6 is 11.6 Å². The van der Waals surface area contributed by atoms with Crippen molar-refractivity contribution in [1.82, 2.24) is 10.6 Å². The first-order chi connectivity index (χ1) is 8.67. The summed E-state index contributed by atoms with van der Waals surface area (Å²) in [7, 11) is 1.78. The van der Waals surface area contributed by atoms with E-state index in [1.165, 1.54) is 0 Å². The second kappa shape index (κ2) is 7.98. The average Bonchev–Trinajstić information content (AvgIpc) is 2.39. The van der Waals surface area contributed by atoms with Gasteiger partial charge in [0.1, 0.15) is 0 Å². The Morgan fingerprint density at radius 2 is 2.11 bits per heavy atom. The van der Waals surface area contributed by atoms with E-state index >= 15 is 0 Å². The predicted molar refractivity (Wildman–Crippen MR) is 79.4 cm³/mol. The fraction of sp³-hybridized carbons (Fsp3) is 0.500. The Morgan fingerprint density at radius 1 is 1.39 bits per heavy atom. The van der Waals surface area contributed by atoms with Gasteiger partial charge in [-0.3, -0.25) is 4.99 Å². The summed E-state index contributed by atoms with van der Waals surface area (Å²) >= 11 is 6.11. The summed E-state index contributed by atoms with van der Waals surface area (Å²) < 4.78 is 0. The van der Waals surface area contributed by atoms with E-state index in [4.69, 9.17) is 11.6 Å². The molecule has 0 aliphatic heterocycles. The highest BCUT2D eigenvalue weighted by Gasteiger charge is 2.03. The van der Waals surface area contributed by atoms with E-state index in [1.54, 1.807) is 7.05 Å². The molecule has 0 aliphatic rings. The lowest BCUT2D eigenvalue weighted by molar-refractivity contribution is 0.624. The minimum absolute atomic E-state index is 0.427. The summed E-state index contributed by atoms with van der Waals surface area (Å²) in [6.07, 6.45) is 1.96.